The first-order valence-electron chi connectivity index (χ1n) is 8.17. The molecular formula is C17H24N2O4S. The maximum Gasteiger partial charge on any atom is 0.239 e. The van der Waals surface area contributed by atoms with Gasteiger partial charge in [0.2, 0.25) is 11.8 Å². The lowest BCUT2D eigenvalue weighted by molar-refractivity contribution is -0.126. The highest BCUT2D eigenvalue weighted by atomic mass is 32.2. The van der Waals surface area contributed by atoms with E-state index in [0.717, 1.165) is 12.8 Å². The summed E-state index contributed by atoms with van der Waals surface area (Å²) in [4.78, 5) is 23.5. The predicted molar refractivity (Wildman–Crippen MR) is 92.3 cm³/mol. The summed E-state index contributed by atoms with van der Waals surface area (Å²) in [6.07, 6.45) is 2.35. The monoisotopic (exact) mass is 352 g/mol. The van der Waals surface area contributed by atoms with Gasteiger partial charge in [0, 0.05) is 12.5 Å². The van der Waals surface area contributed by atoms with Crippen molar-refractivity contribution in [1.29, 1.82) is 0 Å². The minimum Gasteiger partial charge on any atom is -0.351 e. The van der Waals surface area contributed by atoms with Crippen LogP contribution < -0.4 is 10.6 Å². The summed E-state index contributed by atoms with van der Waals surface area (Å²) in [6.45, 7) is 1.93. The number of sulfone groups is 1. The minimum absolute atomic E-state index is 0.0108. The molecule has 1 heterocycles. The molecule has 2 rings (SSSR count). The molecule has 1 saturated heterocycles. The summed E-state index contributed by atoms with van der Waals surface area (Å²) in [6, 6.07) is 7.73. The van der Waals surface area contributed by atoms with Crippen LogP contribution in [0.15, 0.2) is 24.3 Å². The largest absolute Gasteiger partial charge is 0.351 e. The molecule has 0 bridgehead atoms. The molecule has 0 aliphatic carbocycles. The van der Waals surface area contributed by atoms with E-state index in [1.54, 1.807) is 0 Å². The Bertz CT molecular complexity index is 700. The van der Waals surface area contributed by atoms with Gasteiger partial charge in [-0.15, -0.1) is 0 Å². The number of benzene rings is 1. The molecule has 1 unspecified atom stereocenters. The van der Waals surface area contributed by atoms with E-state index in [2.05, 4.69) is 16.7 Å². The maximum absolute atomic E-state index is 11.8. The highest BCUT2D eigenvalue weighted by Gasteiger charge is 2.28. The number of carbonyl (C=O) groups excluding carboxylic acids is 2. The van der Waals surface area contributed by atoms with Crippen molar-refractivity contribution < 1.29 is 18.0 Å². The zero-order chi connectivity index (χ0) is 17.6. The van der Waals surface area contributed by atoms with Gasteiger partial charge in [0.25, 0.3) is 0 Å². The van der Waals surface area contributed by atoms with Gasteiger partial charge in [0.1, 0.15) is 0 Å². The smallest absolute Gasteiger partial charge is 0.239 e. The van der Waals surface area contributed by atoms with Crippen molar-refractivity contribution in [2.45, 2.75) is 38.6 Å². The number of hydrogen-bond acceptors (Lipinski definition) is 4. The van der Waals surface area contributed by atoms with Crippen molar-refractivity contribution in [3.63, 3.8) is 0 Å². The van der Waals surface area contributed by atoms with Crippen molar-refractivity contribution in [2.24, 2.45) is 0 Å². The number of rotatable bonds is 7. The fourth-order valence-electron chi connectivity index (χ4n) is 2.78. The second kappa shape index (κ2) is 8.28. The van der Waals surface area contributed by atoms with Gasteiger partial charge in [-0.1, -0.05) is 24.3 Å². The zero-order valence-corrected chi connectivity index (χ0v) is 14.7. The van der Waals surface area contributed by atoms with Gasteiger partial charge in [0.15, 0.2) is 9.84 Å². The molecule has 24 heavy (non-hydrogen) atoms. The van der Waals surface area contributed by atoms with Crippen molar-refractivity contribution >= 4 is 21.7 Å². The van der Waals surface area contributed by atoms with Gasteiger partial charge < -0.3 is 10.6 Å². The molecule has 1 aromatic rings. The highest BCUT2D eigenvalue weighted by Crippen LogP contribution is 2.11. The van der Waals surface area contributed by atoms with Crippen molar-refractivity contribution in [3.8, 4) is 0 Å². The molecule has 1 aliphatic rings. The van der Waals surface area contributed by atoms with E-state index in [-0.39, 0.29) is 35.9 Å². The third-order valence-electron chi connectivity index (χ3n) is 4.15. The molecule has 0 radical (unpaired) electrons. The predicted octanol–water partition coefficient (Wildman–Crippen LogP) is 0.737. The molecule has 1 aromatic carbocycles. The topological polar surface area (TPSA) is 92.3 Å². The molecule has 1 aliphatic heterocycles. The van der Waals surface area contributed by atoms with Crippen LogP contribution in [0.25, 0.3) is 0 Å². The van der Waals surface area contributed by atoms with Crippen LogP contribution in [-0.4, -0.2) is 44.3 Å². The maximum atomic E-state index is 11.8. The first kappa shape index (κ1) is 18.4. The molecule has 0 saturated carbocycles. The van der Waals surface area contributed by atoms with Crippen molar-refractivity contribution in [1.82, 2.24) is 10.6 Å². The first-order valence-corrected chi connectivity index (χ1v) is 9.99. The summed E-state index contributed by atoms with van der Waals surface area (Å²) in [7, 11) is -3.02. The lowest BCUT2D eigenvalue weighted by Gasteiger charge is -2.11. The highest BCUT2D eigenvalue weighted by molar-refractivity contribution is 7.91. The van der Waals surface area contributed by atoms with Crippen LogP contribution in [0.5, 0.6) is 0 Å². The molecule has 0 spiro atoms. The molecule has 1 atom stereocenters. The number of amides is 2. The van der Waals surface area contributed by atoms with Gasteiger partial charge >= 0.3 is 0 Å². The normalized spacial score (nSPS) is 19.0. The fourth-order valence-corrected chi connectivity index (χ4v) is 4.46. The number of hydrogen-bond donors (Lipinski definition) is 2. The van der Waals surface area contributed by atoms with E-state index in [1.165, 1.54) is 11.1 Å². The summed E-state index contributed by atoms with van der Waals surface area (Å²) < 4.78 is 22.7. The van der Waals surface area contributed by atoms with E-state index in [4.69, 9.17) is 0 Å². The molecule has 0 aromatic heterocycles. The van der Waals surface area contributed by atoms with Crippen LogP contribution in [0.2, 0.25) is 0 Å². The molecule has 1 fully saturated rings. The minimum atomic E-state index is -3.02. The Morgan fingerprint density at radius 3 is 2.62 bits per heavy atom. The molecule has 2 amide bonds. The summed E-state index contributed by atoms with van der Waals surface area (Å²) >= 11 is 0. The van der Waals surface area contributed by atoms with Crippen LogP contribution >= 0.6 is 0 Å². The van der Waals surface area contributed by atoms with E-state index < -0.39 is 9.84 Å². The van der Waals surface area contributed by atoms with Gasteiger partial charge in [-0.2, -0.15) is 0 Å². The van der Waals surface area contributed by atoms with E-state index in [1.807, 2.05) is 25.1 Å². The standard InChI is InChI=1S/C17H24N2O4S/c1-13-5-2-3-6-14(13)7-4-8-16(20)18-11-17(21)19-15-9-10-24(22,23)12-15/h2-3,5-6,15H,4,7-12H2,1H3,(H,18,20)(H,19,21). The van der Waals surface area contributed by atoms with E-state index >= 15 is 0 Å². The zero-order valence-electron chi connectivity index (χ0n) is 13.9. The van der Waals surface area contributed by atoms with E-state index in [9.17, 15) is 18.0 Å². The van der Waals surface area contributed by atoms with Crippen LogP contribution in [0, 0.1) is 6.92 Å². The van der Waals surface area contributed by atoms with Crippen LogP contribution in [0.1, 0.15) is 30.4 Å². The summed E-state index contributed by atoms with van der Waals surface area (Å²) in [5, 5.41) is 5.22. The van der Waals surface area contributed by atoms with Gasteiger partial charge in [-0.25, -0.2) is 8.42 Å². The second-order valence-electron chi connectivity index (χ2n) is 6.22. The van der Waals surface area contributed by atoms with E-state index in [0.29, 0.717) is 12.8 Å². The Balaban J connectivity index is 1.62. The Labute approximate surface area is 142 Å². The Morgan fingerprint density at radius 2 is 1.96 bits per heavy atom. The van der Waals surface area contributed by atoms with Crippen LogP contribution in [0.4, 0.5) is 0 Å². The second-order valence-corrected chi connectivity index (χ2v) is 8.45. The average molecular weight is 352 g/mol. The van der Waals surface area contributed by atoms with Crippen LogP contribution in [0.3, 0.4) is 0 Å². The van der Waals surface area contributed by atoms with Crippen molar-refractivity contribution in [2.75, 3.05) is 18.1 Å². The molecule has 132 valence electrons. The molecular weight excluding hydrogens is 328 g/mol. The quantitative estimate of drug-likeness (QED) is 0.757. The number of nitrogens with one attached hydrogen (secondary N) is 2. The lowest BCUT2D eigenvalue weighted by atomic mass is 10.0. The number of carbonyl (C=O) groups is 2. The van der Waals surface area contributed by atoms with Crippen LogP contribution in [-0.2, 0) is 25.8 Å². The van der Waals surface area contributed by atoms with Gasteiger partial charge in [-0.3, -0.25) is 9.59 Å². The fraction of sp³-hybridized carbons (Fsp3) is 0.529. The summed E-state index contributed by atoms with van der Waals surface area (Å²) in [5.41, 5.74) is 2.44. The molecule has 2 N–H and O–H groups in total. The Hall–Kier alpha value is -1.89. The lowest BCUT2D eigenvalue weighted by Crippen LogP contribution is -2.42. The Kier molecular flexibility index (Phi) is 6.36. The Morgan fingerprint density at radius 1 is 1.21 bits per heavy atom. The van der Waals surface area contributed by atoms with Gasteiger partial charge in [-0.05, 0) is 37.3 Å². The number of aryl methyl sites for hydroxylation is 2. The molecule has 6 nitrogen and oxygen atoms in total. The summed E-state index contributed by atoms with van der Waals surface area (Å²) in [5.74, 6) is -0.408. The SMILES string of the molecule is Cc1ccccc1CCCC(=O)NCC(=O)NC1CCS(=O)(=O)C1. The first-order chi connectivity index (χ1) is 11.4. The average Bonchev–Trinajstić information content (AvgIpc) is 2.86. The van der Waals surface area contributed by atoms with Gasteiger partial charge in [0.05, 0.1) is 18.1 Å². The third kappa shape index (κ3) is 5.96. The third-order valence-corrected chi connectivity index (χ3v) is 5.92. The van der Waals surface area contributed by atoms with Crippen molar-refractivity contribution in [3.05, 3.63) is 35.4 Å². The molecule has 7 heteroatoms.